The van der Waals surface area contributed by atoms with Crippen molar-refractivity contribution in [3.63, 3.8) is 0 Å². The third-order valence-corrected chi connectivity index (χ3v) is 3.42. The Hall–Kier alpha value is -2.10. The molecule has 0 aliphatic carbocycles. The van der Waals surface area contributed by atoms with Crippen molar-refractivity contribution in [3.8, 4) is 11.5 Å². The first kappa shape index (κ1) is 15.3. The van der Waals surface area contributed by atoms with E-state index in [1.807, 2.05) is 0 Å². The van der Waals surface area contributed by atoms with Gasteiger partial charge < -0.3 is 8.92 Å². The van der Waals surface area contributed by atoms with Crippen LogP contribution in [0.15, 0.2) is 24.4 Å². The summed E-state index contributed by atoms with van der Waals surface area (Å²) in [6, 6.07) is 2.95. The van der Waals surface area contributed by atoms with E-state index in [1.54, 1.807) is 0 Å². The fourth-order valence-electron chi connectivity index (χ4n) is 1.52. The number of aromatic nitrogens is 1. The van der Waals surface area contributed by atoms with Crippen molar-refractivity contribution >= 4 is 21.0 Å². The van der Waals surface area contributed by atoms with E-state index in [9.17, 15) is 26.0 Å². The van der Waals surface area contributed by atoms with Crippen molar-refractivity contribution in [2.75, 3.05) is 7.11 Å². The van der Waals surface area contributed by atoms with Crippen LogP contribution in [-0.4, -0.2) is 26.0 Å². The highest BCUT2D eigenvalue weighted by molar-refractivity contribution is 7.88. The first-order valence-corrected chi connectivity index (χ1v) is 6.69. The van der Waals surface area contributed by atoms with E-state index in [2.05, 4.69) is 9.17 Å². The van der Waals surface area contributed by atoms with Crippen molar-refractivity contribution in [2.45, 2.75) is 5.51 Å². The Kier molecular flexibility index (Phi) is 3.66. The van der Waals surface area contributed by atoms with Crippen LogP contribution in [0.2, 0.25) is 0 Å². The second-order valence-corrected chi connectivity index (χ2v) is 5.34. The van der Waals surface area contributed by atoms with Crippen molar-refractivity contribution in [1.82, 2.24) is 4.98 Å². The molecular formula is C11H7F4NO4S. The predicted molar refractivity (Wildman–Crippen MR) is 63.9 cm³/mol. The van der Waals surface area contributed by atoms with Crippen LogP contribution in [0.3, 0.4) is 0 Å². The van der Waals surface area contributed by atoms with Crippen LogP contribution in [0.1, 0.15) is 0 Å². The molecule has 114 valence electrons. The maximum Gasteiger partial charge on any atom is 0.534 e. The van der Waals surface area contributed by atoms with Gasteiger partial charge in [-0.1, -0.05) is 0 Å². The molecule has 0 bridgehead atoms. The molecule has 1 heterocycles. The van der Waals surface area contributed by atoms with Crippen LogP contribution in [0.4, 0.5) is 17.6 Å². The number of hydrogen-bond acceptors (Lipinski definition) is 5. The number of rotatable bonds is 3. The lowest BCUT2D eigenvalue weighted by molar-refractivity contribution is -0.0499. The van der Waals surface area contributed by atoms with Crippen molar-refractivity contribution in [3.05, 3.63) is 30.2 Å². The first-order valence-electron chi connectivity index (χ1n) is 5.29. The monoisotopic (exact) mass is 325 g/mol. The molecule has 0 amide bonds. The number of halogens is 4. The lowest BCUT2D eigenvalue weighted by Gasteiger charge is -2.12. The van der Waals surface area contributed by atoms with E-state index < -0.39 is 27.2 Å². The summed E-state index contributed by atoms with van der Waals surface area (Å²) in [5, 5.41) is -0.262. The average molecular weight is 325 g/mol. The van der Waals surface area contributed by atoms with E-state index in [0.717, 1.165) is 24.4 Å². The van der Waals surface area contributed by atoms with E-state index in [-0.39, 0.29) is 16.7 Å². The van der Waals surface area contributed by atoms with E-state index in [1.165, 1.54) is 7.11 Å². The molecule has 2 rings (SSSR count). The van der Waals surface area contributed by atoms with Crippen molar-refractivity contribution in [1.29, 1.82) is 0 Å². The van der Waals surface area contributed by atoms with Crippen LogP contribution in [-0.2, 0) is 10.1 Å². The molecule has 0 fully saturated rings. The number of methoxy groups -OCH3 is 1. The Labute approximate surface area is 116 Å². The van der Waals surface area contributed by atoms with Gasteiger partial charge in [-0.3, -0.25) is 4.98 Å². The Morgan fingerprint density at radius 3 is 2.48 bits per heavy atom. The largest absolute Gasteiger partial charge is 0.534 e. The Bertz CT molecular complexity index is 789. The number of ether oxygens (including phenoxy) is 1. The predicted octanol–water partition coefficient (Wildman–Crippen LogP) is 2.61. The lowest BCUT2D eigenvalue weighted by atomic mass is 10.2. The zero-order valence-corrected chi connectivity index (χ0v) is 11.1. The molecule has 10 heteroatoms. The Balaban J connectivity index is 2.63. The van der Waals surface area contributed by atoms with Crippen LogP contribution >= 0.6 is 0 Å². The highest BCUT2D eigenvalue weighted by atomic mass is 32.2. The quantitative estimate of drug-likeness (QED) is 0.493. The molecular weight excluding hydrogens is 318 g/mol. The minimum Gasteiger partial charge on any atom is -0.497 e. The number of pyridine rings is 1. The molecule has 2 aromatic rings. The molecule has 21 heavy (non-hydrogen) atoms. The molecule has 5 nitrogen and oxygen atoms in total. The van der Waals surface area contributed by atoms with Crippen molar-refractivity contribution < 1.29 is 34.9 Å². The minimum absolute atomic E-state index is 0.0257. The number of benzene rings is 1. The molecule has 1 aromatic carbocycles. The fourth-order valence-corrected chi connectivity index (χ4v) is 1.99. The summed E-state index contributed by atoms with van der Waals surface area (Å²) in [6.07, 6.45) is 0.930. The third kappa shape index (κ3) is 2.84. The standard InChI is InChI=1S/C11H7F4NO4S/c1-19-6-4-7-9(20-21(17,18)11(13,14)15)2-3-16-10(7)8(12)5-6/h2-5H,1H3. The molecule has 0 spiro atoms. The van der Waals surface area contributed by atoms with Gasteiger partial charge in [-0.15, -0.1) is 0 Å². The first-order chi connectivity index (χ1) is 9.65. The summed E-state index contributed by atoms with van der Waals surface area (Å²) in [5.41, 5.74) is -5.94. The van der Waals surface area contributed by atoms with Gasteiger partial charge in [0, 0.05) is 18.3 Å². The van der Waals surface area contributed by atoms with Gasteiger partial charge in [0.15, 0.2) is 11.6 Å². The Morgan fingerprint density at radius 2 is 1.90 bits per heavy atom. The summed E-state index contributed by atoms with van der Waals surface area (Å²) in [6.45, 7) is 0. The van der Waals surface area contributed by atoms with E-state index in [0.29, 0.717) is 0 Å². The molecule has 0 atom stereocenters. The van der Waals surface area contributed by atoms with Gasteiger partial charge in [-0.2, -0.15) is 21.6 Å². The van der Waals surface area contributed by atoms with Gasteiger partial charge in [0.05, 0.1) is 12.5 Å². The van der Waals surface area contributed by atoms with Crippen molar-refractivity contribution in [2.24, 2.45) is 0 Å². The highest BCUT2D eigenvalue weighted by Gasteiger charge is 2.48. The minimum atomic E-state index is -5.87. The third-order valence-electron chi connectivity index (χ3n) is 2.45. The fraction of sp³-hybridized carbons (Fsp3) is 0.182. The highest BCUT2D eigenvalue weighted by Crippen LogP contribution is 2.33. The molecule has 0 saturated heterocycles. The summed E-state index contributed by atoms with van der Waals surface area (Å²) in [4.78, 5) is 3.62. The summed E-state index contributed by atoms with van der Waals surface area (Å²) >= 11 is 0. The zero-order valence-electron chi connectivity index (χ0n) is 10.3. The maximum absolute atomic E-state index is 13.7. The number of alkyl halides is 3. The topological polar surface area (TPSA) is 65.5 Å². The Morgan fingerprint density at radius 1 is 1.24 bits per heavy atom. The van der Waals surface area contributed by atoms with Gasteiger partial charge in [-0.05, 0) is 6.07 Å². The van der Waals surface area contributed by atoms with Crippen LogP contribution in [0.25, 0.3) is 10.9 Å². The zero-order chi connectivity index (χ0) is 15.8. The van der Waals surface area contributed by atoms with Gasteiger partial charge >= 0.3 is 15.6 Å². The average Bonchev–Trinajstić information content (AvgIpc) is 2.37. The normalized spacial score (nSPS) is 12.4. The van der Waals surface area contributed by atoms with Gasteiger partial charge in [0.25, 0.3) is 0 Å². The molecule has 0 N–H and O–H groups in total. The molecule has 0 saturated carbocycles. The van der Waals surface area contributed by atoms with Gasteiger partial charge in [-0.25, -0.2) is 4.39 Å². The van der Waals surface area contributed by atoms with Crippen LogP contribution in [0, 0.1) is 5.82 Å². The number of hydrogen-bond donors (Lipinski definition) is 0. The maximum atomic E-state index is 13.7. The lowest BCUT2D eigenvalue weighted by Crippen LogP contribution is -2.28. The smallest absolute Gasteiger partial charge is 0.497 e. The summed E-state index contributed by atoms with van der Waals surface area (Å²) in [5.74, 6) is -1.61. The number of nitrogens with zero attached hydrogens (tertiary/aromatic N) is 1. The molecule has 0 unspecified atom stereocenters. The van der Waals surface area contributed by atoms with Gasteiger partial charge in [0.2, 0.25) is 0 Å². The summed E-state index contributed by atoms with van der Waals surface area (Å²) < 4.78 is 81.5. The summed E-state index contributed by atoms with van der Waals surface area (Å²) in [7, 11) is -4.65. The second kappa shape index (κ2) is 5.02. The van der Waals surface area contributed by atoms with Crippen LogP contribution in [0.5, 0.6) is 11.5 Å². The second-order valence-electron chi connectivity index (χ2n) is 3.80. The van der Waals surface area contributed by atoms with E-state index >= 15 is 0 Å². The molecule has 1 aromatic heterocycles. The SMILES string of the molecule is COc1cc(F)c2nccc(OS(=O)(=O)C(F)(F)F)c2c1. The number of fused-ring (bicyclic) bond motifs is 1. The molecule has 0 aliphatic heterocycles. The molecule has 0 aliphatic rings. The van der Waals surface area contributed by atoms with Crippen LogP contribution < -0.4 is 8.92 Å². The van der Waals surface area contributed by atoms with Gasteiger partial charge in [0.1, 0.15) is 11.3 Å². The van der Waals surface area contributed by atoms with E-state index in [4.69, 9.17) is 4.74 Å². The molecule has 0 radical (unpaired) electrons.